The van der Waals surface area contributed by atoms with Crippen molar-refractivity contribution in [1.29, 1.82) is 0 Å². The molecule has 0 aromatic carbocycles. The van der Waals surface area contributed by atoms with Crippen LogP contribution in [0.1, 0.15) is 20.8 Å². The molecule has 0 amide bonds. The highest BCUT2D eigenvalue weighted by molar-refractivity contribution is 6.01. The Labute approximate surface area is 85.0 Å². The Morgan fingerprint density at radius 2 is 1.93 bits per heavy atom. The molecule has 0 unspecified atom stereocenters. The summed E-state index contributed by atoms with van der Waals surface area (Å²) in [4.78, 5) is 10.7. The van der Waals surface area contributed by atoms with Gasteiger partial charge in [-0.25, -0.2) is 0 Å². The minimum Gasteiger partial charge on any atom is -0.290 e. The van der Waals surface area contributed by atoms with Crippen molar-refractivity contribution in [3.8, 4) is 0 Å². The van der Waals surface area contributed by atoms with Gasteiger partial charge >= 0.3 is 0 Å². The zero-order chi connectivity index (χ0) is 9.68. The summed E-state index contributed by atoms with van der Waals surface area (Å²) in [6.07, 6.45) is 8.80. The Morgan fingerprint density at radius 3 is 2.43 bits per heavy atom. The van der Waals surface area contributed by atoms with E-state index in [0.717, 1.165) is 17.1 Å². The number of hydrogen-bond donors (Lipinski definition) is 1. The number of allylic oxidation sites excluding steroid dienone is 5. The first-order valence-electron chi connectivity index (χ1n) is 4.30. The lowest BCUT2D eigenvalue weighted by molar-refractivity contribution is -0.110. The van der Waals surface area contributed by atoms with Gasteiger partial charge in [0.25, 0.3) is 0 Å². The van der Waals surface area contributed by atoms with Crippen molar-refractivity contribution in [3.63, 3.8) is 0 Å². The van der Waals surface area contributed by atoms with E-state index in [2.05, 4.69) is 0 Å². The maximum Gasteiger partial charge on any atom is 0.178 e. The van der Waals surface area contributed by atoms with Crippen LogP contribution in [0.5, 0.6) is 0 Å². The Bertz CT molecular complexity index is 259. The zero-order valence-corrected chi connectivity index (χ0v) is 7.60. The van der Waals surface area contributed by atoms with Crippen LogP contribution in [-0.2, 0) is 4.79 Å². The third-order valence-electron chi connectivity index (χ3n) is 1.63. The lowest BCUT2D eigenvalue weighted by atomic mass is 10.1. The number of hydrogen-bond acceptors (Lipinski definition) is 3. The summed E-state index contributed by atoms with van der Waals surface area (Å²) < 4.78 is 0. The van der Waals surface area contributed by atoms with Crippen LogP contribution in [0.25, 0.3) is 0 Å². The molecule has 3 heteroatoms. The zero-order valence-electron chi connectivity index (χ0n) is 7.60. The van der Waals surface area contributed by atoms with Gasteiger partial charge in [0.15, 0.2) is 5.78 Å². The summed E-state index contributed by atoms with van der Waals surface area (Å²) in [5, 5.41) is 10.4. The second-order valence-electron chi connectivity index (χ2n) is 2.86. The number of hydroxylamine groups is 2. The predicted octanol–water partition coefficient (Wildman–Crippen LogP) is 2.30. The average molecular weight is 195 g/mol. The topological polar surface area (TPSA) is 40.5 Å². The number of nitrogens with zero attached hydrogens (tertiary/aromatic N) is 1. The summed E-state index contributed by atoms with van der Waals surface area (Å²) in [6, 6.07) is 0. The quantitative estimate of drug-likeness (QED) is 0.702. The molecule has 0 aliphatic heterocycles. The Morgan fingerprint density at radius 1 is 1.36 bits per heavy atom. The maximum absolute atomic E-state index is 10.7. The van der Waals surface area contributed by atoms with Crippen LogP contribution in [0, 0.1) is 0 Å². The van der Waals surface area contributed by atoms with Crippen LogP contribution in [0.4, 0.5) is 0 Å². The van der Waals surface area contributed by atoms with Gasteiger partial charge in [-0.2, -0.15) is 0 Å². The van der Waals surface area contributed by atoms with Gasteiger partial charge in [0.05, 0.1) is 0 Å². The fourth-order valence-corrected chi connectivity index (χ4v) is 1.02. The molecular weight excluding hydrogens is 178 g/mol. The molecule has 1 aliphatic carbocycles. The van der Waals surface area contributed by atoms with Crippen molar-refractivity contribution in [2.24, 2.45) is 0 Å². The van der Waals surface area contributed by atoms with E-state index in [0.29, 0.717) is 6.54 Å². The van der Waals surface area contributed by atoms with Crippen LogP contribution in [0.2, 0.25) is 0 Å². The number of rotatable bonds is 3. The van der Waals surface area contributed by atoms with Gasteiger partial charge in [-0.3, -0.25) is 15.1 Å². The molecule has 0 aromatic rings. The van der Waals surface area contributed by atoms with E-state index in [-0.39, 0.29) is 13.2 Å². The molecule has 78 valence electrons. The SMILES string of the molecule is C.CCCN(O)C=C1C=CC(=O)C=C1. The van der Waals surface area contributed by atoms with Crippen LogP contribution in [0.15, 0.2) is 36.1 Å². The third-order valence-corrected chi connectivity index (χ3v) is 1.63. The molecule has 3 nitrogen and oxygen atoms in total. The summed E-state index contributed by atoms with van der Waals surface area (Å²) in [7, 11) is 0. The standard InChI is InChI=1S/C10H13NO2.CH4/c1-2-7-11(13)8-9-3-5-10(12)6-4-9;/h3-6,8,13H,2,7H2,1H3;1H4. The van der Waals surface area contributed by atoms with E-state index < -0.39 is 0 Å². The van der Waals surface area contributed by atoms with Crippen LogP contribution in [-0.4, -0.2) is 22.6 Å². The molecule has 0 aromatic heterocycles. The van der Waals surface area contributed by atoms with Crippen molar-refractivity contribution >= 4 is 5.78 Å². The van der Waals surface area contributed by atoms with Gasteiger partial charge in [-0.05, 0) is 36.3 Å². The lowest BCUT2D eigenvalue weighted by Crippen LogP contribution is -2.13. The molecule has 1 N–H and O–H groups in total. The van der Waals surface area contributed by atoms with E-state index >= 15 is 0 Å². The van der Waals surface area contributed by atoms with Crippen molar-refractivity contribution in [2.45, 2.75) is 20.8 Å². The van der Waals surface area contributed by atoms with Gasteiger partial charge in [0.1, 0.15) is 0 Å². The average Bonchev–Trinajstić information content (AvgIpc) is 2.09. The highest BCUT2D eigenvalue weighted by Crippen LogP contribution is 2.06. The van der Waals surface area contributed by atoms with Gasteiger partial charge < -0.3 is 0 Å². The molecule has 0 saturated heterocycles. The molecule has 14 heavy (non-hydrogen) atoms. The Kier molecular flexibility index (Phi) is 5.56. The van der Waals surface area contributed by atoms with E-state index in [4.69, 9.17) is 0 Å². The monoisotopic (exact) mass is 195 g/mol. The van der Waals surface area contributed by atoms with Crippen LogP contribution in [0.3, 0.4) is 0 Å². The molecule has 0 radical (unpaired) electrons. The fourth-order valence-electron chi connectivity index (χ4n) is 1.02. The van der Waals surface area contributed by atoms with E-state index in [1.165, 1.54) is 12.2 Å². The molecule has 0 atom stereocenters. The molecule has 0 heterocycles. The van der Waals surface area contributed by atoms with Crippen LogP contribution < -0.4 is 0 Å². The van der Waals surface area contributed by atoms with Crippen molar-refractivity contribution in [3.05, 3.63) is 36.1 Å². The number of ketones is 1. The normalized spacial score (nSPS) is 13.9. The van der Waals surface area contributed by atoms with Gasteiger partial charge in [-0.1, -0.05) is 14.4 Å². The highest BCUT2D eigenvalue weighted by Gasteiger charge is 1.99. The summed E-state index contributed by atoms with van der Waals surface area (Å²) >= 11 is 0. The molecule has 0 spiro atoms. The third kappa shape index (κ3) is 4.05. The fraction of sp³-hybridized carbons (Fsp3) is 0.364. The van der Waals surface area contributed by atoms with E-state index in [1.54, 1.807) is 18.4 Å². The molecule has 1 aliphatic rings. The van der Waals surface area contributed by atoms with Gasteiger partial charge in [0, 0.05) is 12.7 Å². The molecular formula is C11H17NO2. The smallest absolute Gasteiger partial charge is 0.178 e. The second-order valence-corrected chi connectivity index (χ2v) is 2.86. The first-order valence-corrected chi connectivity index (χ1v) is 4.30. The number of carbonyl (C=O) groups excluding carboxylic acids is 1. The maximum atomic E-state index is 10.7. The Hall–Kier alpha value is -1.35. The first kappa shape index (κ1) is 12.7. The van der Waals surface area contributed by atoms with Gasteiger partial charge in [0.2, 0.25) is 0 Å². The minimum atomic E-state index is -0.0165. The first-order chi connectivity index (χ1) is 6.22. The van der Waals surface area contributed by atoms with Gasteiger partial charge in [-0.15, -0.1) is 0 Å². The van der Waals surface area contributed by atoms with E-state index in [9.17, 15) is 10.0 Å². The van der Waals surface area contributed by atoms with E-state index in [1.807, 2.05) is 6.92 Å². The Balaban J connectivity index is 0.00000169. The predicted molar refractivity (Wildman–Crippen MR) is 56.9 cm³/mol. The molecule has 0 fully saturated rings. The van der Waals surface area contributed by atoms with Crippen LogP contribution >= 0.6 is 0 Å². The van der Waals surface area contributed by atoms with Crippen molar-refractivity contribution in [2.75, 3.05) is 6.54 Å². The molecule has 1 rings (SSSR count). The minimum absolute atomic E-state index is 0. The van der Waals surface area contributed by atoms with Crippen molar-refractivity contribution < 1.29 is 10.0 Å². The lowest BCUT2D eigenvalue weighted by Gasteiger charge is -2.11. The molecule has 0 saturated carbocycles. The summed E-state index contributed by atoms with van der Waals surface area (Å²) in [6.45, 7) is 2.58. The summed E-state index contributed by atoms with van der Waals surface area (Å²) in [5.74, 6) is -0.0165. The van der Waals surface area contributed by atoms with Crippen molar-refractivity contribution in [1.82, 2.24) is 5.06 Å². The largest absolute Gasteiger partial charge is 0.290 e. The highest BCUT2D eigenvalue weighted by atomic mass is 16.5. The molecule has 0 bridgehead atoms. The second kappa shape index (κ2) is 6.16. The number of carbonyl (C=O) groups is 1. The summed E-state index contributed by atoms with van der Waals surface area (Å²) in [5.41, 5.74) is 0.829.